The van der Waals surface area contributed by atoms with Crippen molar-refractivity contribution < 1.29 is 8.78 Å². The van der Waals surface area contributed by atoms with Crippen LogP contribution in [0.1, 0.15) is 22.9 Å². The quantitative estimate of drug-likeness (QED) is 0.909. The first kappa shape index (κ1) is 12.7. The van der Waals surface area contributed by atoms with E-state index in [-0.39, 0.29) is 12.0 Å². The van der Waals surface area contributed by atoms with E-state index in [1.54, 1.807) is 16.9 Å². The van der Waals surface area contributed by atoms with Crippen molar-refractivity contribution in [1.82, 2.24) is 9.78 Å². The van der Waals surface area contributed by atoms with Crippen LogP contribution in [0.15, 0.2) is 24.4 Å². The molecule has 5 heteroatoms. The molecular formula is C13H15F2N3. The average molecular weight is 251 g/mol. The summed E-state index contributed by atoms with van der Waals surface area (Å²) in [6, 6.07) is 3.73. The topological polar surface area (TPSA) is 43.8 Å². The maximum absolute atomic E-state index is 13.5. The summed E-state index contributed by atoms with van der Waals surface area (Å²) >= 11 is 0. The number of nitrogens with two attached hydrogens (primary N) is 1. The summed E-state index contributed by atoms with van der Waals surface area (Å²) in [6.07, 6.45) is 1.91. The monoisotopic (exact) mass is 251 g/mol. The van der Waals surface area contributed by atoms with Crippen LogP contribution in [-0.2, 0) is 13.5 Å². The van der Waals surface area contributed by atoms with Gasteiger partial charge < -0.3 is 5.73 Å². The first-order chi connectivity index (χ1) is 8.50. The zero-order valence-electron chi connectivity index (χ0n) is 10.3. The molecule has 96 valence electrons. The number of rotatable bonds is 3. The van der Waals surface area contributed by atoms with E-state index >= 15 is 0 Å². The van der Waals surface area contributed by atoms with Gasteiger partial charge in [-0.2, -0.15) is 5.10 Å². The zero-order valence-corrected chi connectivity index (χ0v) is 10.3. The second kappa shape index (κ2) is 4.86. The zero-order chi connectivity index (χ0) is 13.3. The standard InChI is InChI=1S/C13H15F2N3/c1-8-10(7-17-18(8)2)12(16)6-9-4-3-5-11(14)13(9)15/h3-5,7,12H,6,16H2,1-2H3. The average Bonchev–Trinajstić information content (AvgIpc) is 2.66. The van der Waals surface area contributed by atoms with E-state index in [1.807, 2.05) is 14.0 Å². The van der Waals surface area contributed by atoms with Crippen LogP contribution in [0.5, 0.6) is 0 Å². The minimum absolute atomic E-state index is 0.246. The molecule has 3 nitrogen and oxygen atoms in total. The molecule has 2 N–H and O–H groups in total. The predicted octanol–water partition coefficient (Wildman–Crippen LogP) is 2.25. The van der Waals surface area contributed by atoms with E-state index in [9.17, 15) is 8.78 Å². The molecule has 0 saturated carbocycles. The molecule has 0 amide bonds. The number of nitrogens with zero attached hydrogens (tertiary/aromatic N) is 2. The van der Waals surface area contributed by atoms with Crippen LogP contribution >= 0.6 is 0 Å². The van der Waals surface area contributed by atoms with Gasteiger partial charge in [0.15, 0.2) is 11.6 Å². The lowest BCUT2D eigenvalue weighted by Gasteiger charge is -2.12. The highest BCUT2D eigenvalue weighted by Gasteiger charge is 2.16. The van der Waals surface area contributed by atoms with Gasteiger partial charge in [-0.15, -0.1) is 0 Å². The van der Waals surface area contributed by atoms with Gasteiger partial charge in [-0.3, -0.25) is 4.68 Å². The molecule has 18 heavy (non-hydrogen) atoms. The Balaban J connectivity index is 2.24. The molecule has 0 fully saturated rings. The van der Waals surface area contributed by atoms with E-state index < -0.39 is 17.7 Å². The van der Waals surface area contributed by atoms with Crippen LogP contribution in [-0.4, -0.2) is 9.78 Å². The van der Waals surface area contributed by atoms with Gasteiger partial charge >= 0.3 is 0 Å². The number of hydrogen-bond acceptors (Lipinski definition) is 2. The number of halogens is 2. The molecule has 2 rings (SSSR count). The number of hydrogen-bond donors (Lipinski definition) is 1. The third kappa shape index (κ3) is 2.26. The molecule has 1 aromatic carbocycles. The third-order valence-electron chi connectivity index (χ3n) is 3.14. The van der Waals surface area contributed by atoms with Gasteiger partial charge in [-0.25, -0.2) is 8.78 Å². The first-order valence-electron chi connectivity index (χ1n) is 5.67. The van der Waals surface area contributed by atoms with Gasteiger partial charge in [0, 0.05) is 24.3 Å². The van der Waals surface area contributed by atoms with Crippen molar-refractivity contribution >= 4 is 0 Å². The van der Waals surface area contributed by atoms with E-state index in [1.165, 1.54) is 6.07 Å². The molecule has 0 spiro atoms. The largest absolute Gasteiger partial charge is 0.324 e. The number of aryl methyl sites for hydroxylation is 1. The molecule has 0 saturated heterocycles. The fourth-order valence-corrected chi connectivity index (χ4v) is 1.93. The van der Waals surface area contributed by atoms with Crippen molar-refractivity contribution in [3.05, 3.63) is 52.9 Å². The van der Waals surface area contributed by atoms with Crippen LogP contribution in [0.3, 0.4) is 0 Å². The molecule has 1 unspecified atom stereocenters. The lowest BCUT2D eigenvalue weighted by molar-refractivity contribution is 0.494. The Kier molecular flexibility index (Phi) is 3.43. The Labute approximate surface area is 104 Å². The molecule has 2 aromatic rings. The lowest BCUT2D eigenvalue weighted by Crippen LogP contribution is -2.15. The molecule has 0 radical (unpaired) electrons. The number of benzene rings is 1. The van der Waals surface area contributed by atoms with Crippen molar-refractivity contribution in [2.45, 2.75) is 19.4 Å². The maximum atomic E-state index is 13.5. The lowest BCUT2D eigenvalue weighted by atomic mass is 10.00. The van der Waals surface area contributed by atoms with Crippen molar-refractivity contribution in [2.75, 3.05) is 0 Å². The summed E-state index contributed by atoms with van der Waals surface area (Å²) in [5.74, 6) is -1.67. The summed E-state index contributed by atoms with van der Waals surface area (Å²) < 4.78 is 28.3. The molecule has 0 aliphatic heterocycles. The molecular weight excluding hydrogens is 236 g/mol. The van der Waals surface area contributed by atoms with Gasteiger partial charge in [0.05, 0.1) is 6.20 Å². The van der Waals surface area contributed by atoms with Crippen LogP contribution in [0.25, 0.3) is 0 Å². The van der Waals surface area contributed by atoms with E-state index in [4.69, 9.17) is 5.73 Å². The van der Waals surface area contributed by atoms with Gasteiger partial charge in [0.25, 0.3) is 0 Å². The van der Waals surface area contributed by atoms with Gasteiger partial charge in [0.1, 0.15) is 0 Å². The summed E-state index contributed by atoms with van der Waals surface area (Å²) in [5, 5.41) is 4.09. The molecule has 0 aliphatic rings. The molecule has 1 aromatic heterocycles. The van der Waals surface area contributed by atoms with Crippen molar-refractivity contribution in [1.29, 1.82) is 0 Å². The SMILES string of the molecule is Cc1c(C(N)Cc2cccc(F)c2F)cnn1C. The van der Waals surface area contributed by atoms with E-state index in [0.717, 1.165) is 17.3 Å². The summed E-state index contributed by atoms with van der Waals surface area (Å²) in [4.78, 5) is 0. The normalized spacial score (nSPS) is 12.7. The van der Waals surface area contributed by atoms with Crippen molar-refractivity contribution in [3.8, 4) is 0 Å². The predicted molar refractivity (Wildman–Crippen MR) is 64.9 cm³/mol. The summed E-state index contributed by atoms with van der Waals surface area (Å²) in [5.41, 5.74) is 8.08. The second-order valence-corrected chi connectivity index (χ2v) is 4.33. The Morgan fingerprint density at radius 1 is 1.39 bits per heavy atom. The van der Waals surface area contributed by atoms with Crippen molar-refractivity contribution in [2.24, 2.45) is 12.8 Å². The first-order valence-corrected chi connectivity index (χ1v) is 5.67. The van der Waals surface area contributed by atoms with Crippen molar-refractivity contribution in [3.63, 3.8) is 0 Å². The van der Waals surface area contributed by atoms with Gasteiger partial charge in [-0.05, 0) is 25.0 Å². The Hall–Kier alpha value is -1.75. The van der Waals surface area contributed by atoms with Crippen LogP contribution in [0, 0.1) is 18.6 Å². The van der Waals surface area contributed by atoms with Crippen LogP contribution in [0.4, 0.5) is 8.78 Å². The van der Waals surface area contributed by atoms with Gasteiger partial charge in [-0.1, -0.05) is 12.1 Å². The van der Waals surface area contributed by atoms with Crippen LogP contribution < -0.4 is 5.73 Å². The maximum Gasteiger partial charge on any atom is 0.162 e. The third-order valence-corrected chi connectivity index (χ3v) is 3.14. The molecule has 1 atom stereocenters. The Bertz CT molecular complexity index is 563. The minimum Gasteiger partial charge on any atom is -0.324 e. The molecule has 0 aliphatic carbocycles. The fourth-order valence-electron chi connectivity index (χ4n) is 1.93. The van der Waals surface area contributed by atoms with E-state index in [0.29, 0.717) is 0 Å². The molecule has 0 bridgehead atoms. The van der Waals surface area contributed by atoms with E-state index in [2.05, 4.69) is 5.10 Å². The molecule has 1 heterocycles. The highest BCUT2D eigenvalue weighted by Crippen LogP contribution is 2.21. The fraction of sp³-hybridized carbons (Fsp3) is 0.308. The Morgan fingerprint density at radius 3 is 2.72 bits per heavy atom. The second-order valence-electron chi connectivity index (χ2n) is 4.33. The van der Waals surface area contributed by atoms with Crippen LogP contribution in [0.2, 0.25) is 0 Å². The number of aromatic nitrogens is 2. The summed E-state index contributed by atoms with van der Waals surface area (Å²) in [6.45, 7) is 1.89. The summed E-state index contributed by atoms with van der Waals surface area (Å²) in [7, 11) is 1.81. The highest BCUT2D eigenvalue weighted by molar-refractivity contribution is 5.25. The highest BCUT2D eigenvalue weighted by atomic mass is 19.2. The smallest absolute Gasteiger partial charge is 0.162 e. The minimum atomic E-state index is -0.845. The Morgan fingerprint density at radius 2 is 2.11 bits per heavy atom. The van der Waals surface area contributed by atoms with Gasteiger partial charge in [0.2, 0.25) is 0 Å².